The molecule has 0 radical (unpaired) electrons. The van der Waals surface area contributed by atoms with Crippen molar-refractivity contribution in [2.75, 3.05) is 13.1 Å². The van der Waals surface area contributed by atoms with E-state index in [4.69, 9.17) is 12.2 Å². The normalized spacial score (nSPS) is 16.6. The van der Waals surface area contributed by atoms with Crippen molar-refractivity contribution >= 4 is 12.2 Å². The fourth-order valence-electron chi connectivity index (χ4n) is 3.47. The number of aliphatic hydroxyl groups is 1. The number of piperidine rings is 1. The Labute approximate surface area is 148 Å². The standard InChI is InChI=1S/C18H26N4OS/c1-2-10-21-17(13-23)19-22(18(21)24)14-20-11-8-16(9-12-20)15-6-4-3-5-7-15/h3-7,16,23H,2,8-14H2,1H3. The van der Waals surface area contributed by atoms with E-state index in [0.29, 0.717) is 23.2 Å². The average molecular weight is 347 g/mol. The number of likely N-dealkylation sites (tertiary alicyclic amines) is 1. The predicted octanol–water partition coefficient (Wildman–Crippen LogP) is 3.15. The van der Waals surface area contributed by atoms with Crippen LogP contribution in [0.1, 0.15) is 43.5 Å². The van der Waals surface area contributed by atoms with Gasteiger partial charge < -0.3 is 9.67 Å². The van der Waals surface area contributed by atoms with Crippen LogP contribution < -0.4 is 0 Å². The summed E-state index contributed by atoms with van der Waals surface area (Å²) >= 11 is 5.54. The number of aliphatic hydroxyl groups excluding tert-OH is 1. The molecule has 0 aliphatic carbocycles. The van der Waals surface area contributed by atoms with Crippen LogP contribution >= 0.6 is 12.2 Å². The summed E-state index contributed by atoms with van der Waals surface area (Å²) in [6.45, 7) is 5.67. The van der Waals surface area contributed by atoms with Gasteiger partial charge in [0.1, 0.15) is 6.61 Å². The molecule has 0 amide bonds. The van der Waals surface area contributed by atoms with Crippen molar-refractivity contribution in [3.05, 3.63) is 46.5 Å². The lowest BCUT2D eigenvalue weighted by Gasteiger charge is -2.31. The van der Waals surface area contributed by atoms with Crippen LogP contribution in [0.5, 0.6) is 0 Å². The van der Waals surface area contributed by atoms with E-state index < -0.39 is 0 Å². The largest absolute Gasteiger partial charge is 0.388 e. The van der Waals surface area contributed by atoms with Crippen molar-refractivity contribution in [3.8, 4) is 0 Å². The SMILES string of the molecule is CCCn1c(CO)nn(CN2CCC(c3ccccc3)CC2)c1=S. The second-order valence-electron chi connectivity index (χ2n) is 6.45. The first kappa shape index (κ1) is 17.3. The Morgan fingerprint density at radius 3 is 2.54 bits per heavy atom. The highest BCUT2D eigenvalue weighted by molar-refractivity contribution is 7.71. The first-order valence-corrected chi connectivity index (χ1v) is 9.18. The molecule has 2 aromatic rings. The molecule has 24 heavy (non-hydrogen) atoms. The second kappa shape index (κ2) is 8.05. The van der Waals surface area contributed by atoms with Crippen molar-refractivity contribution in [1.82, 2.24) is 19.2 Å². The van der Waals surface area contributed by atoms with Crippen LogP contribution in [0.3, 0.4) is 0 Å². The van der Waals surface area contributed by atoms with Gasteiger partial charge in [-0.15, -0.1) is 0 Å². The molecule has 1 fully saturated rings. The number of hydrogen-bond acceptors (Lipinski definition) is 4. The Morgan fingerprint density at radius 1 is 1.21 bits per heavy atom. The minimum atomic E-state index is -0.0628. The van der Waals surface area contributed by atoms with Gasteiger partial charge in [-0.2, -0.15) is 5.10 Å². The molecule has 2 heterocycles. The summed E-state index contributed by atoms with van der Waals surface area (Å²) in [5.41, 5.74) is 1.45. The van der Waals surface area contributed by atoms with Gasteiger partial charge in [-0.05, 0) is 43.0 Å². The molecule has 1 aliphatic heterocycles. The summed E-state index contributed by atoms with van der Waals surface area (Å²) in [6, 6.07) is 10.8. The van der Waals surface area contributed by atoms with Gasteiger partial charge in [0.25, 0.3) is 0 Å². The molecule has 0 saturated carbocycles. The van der Waals surface area contributed by atoms with E-state index in [1.165, 1.54) is 18.4 Å². The lowest BCUT2D eigenvalue weighted by atomic mass is 9.90. The van der Waals surface area contributed by atoms with Crippen molar-refractivity contribution in [2.45, 2.75) is 51.9 Å². The van der Waals surface area contributed by atoms with Gasteiger partial charge in [-0.25, -0.2) is 4.68 Å². The van der Waals surface area contributed by atoms with Crippen molar-refractivity contribution in [2.24, 2.45) is 0 Å². The lowest BCUT2D eigenvalue weighted by molar-refractivity contribution is 0.159. The maximum atomic E-state index is 9.49. The monoisotopic (exact) mass is 346 g/mol. The number of nitrogens with zero attached hydrogens (tertiary/aromatic N) is 4. The van der Waals surface area contributed by atoms with Crippen LogP contribution in [0.15, 0.2) is 30.3 Å². The van der Waals surface area contributed by atoms with Gasteiger partial charge in [0.2, 0.25) is 0 Å². The third kappa shape index (κ3) is 3.77. The molecule has 5 nitrogen and oxygen atoms in total. The third-order valence-corrected chi connectivity index (χ3v) is 5.21. The van der Waals surface area contributed by atoms with Crippen LogP contribution in [0.4, 0.5) is 0 Å². The zero-order valence-electron chi connectivity index (χ0n) is 14.3. The molecule has 0 spiro atoms. The van der Waals surface area contributed by atoms with E-state index >= 15 is 0 Å². The zero-order chi connectivity index (χ0) is 16.9. The van der Waals surface area contributed by atoms with E-state index in [1.54, 1.807) is 0 Å². The Bertz CT molecular complexity index is 702. The fraction of sp³-hybridized carbons (Fsp3) is 0.556. The summed E-state index contributed by atoms with van der Waals surface area (Å²) in [5, 5.41) is 14.0. The first-order valence-electron chi connectivity index (χ1n) is 8.77. The van der Waals surface area contributed by atoms with E-state index in [-0.39, 0.29) is 6.61 Å². The summed E-state index contributed by atoms with van der Waals surface area (Å²) in [6.07, 6.45) is 3.31. The molecule has 1 aromatic heterocycles. The van der Waals surface area contributed by atoms with Crippen LogP contribution in [0.2, 0.25) is 0 Å². The van der Waals surface area contributed by atoms with Crippen molar-refractivity contribution in [3.63, 3.8) is 0 Å². The maximum Gasteiger partial charge on any atom is 0.199 e. The fourth-order valence-corrected chi connectivity index (χ4v) is 3.76. The quantitative estimate of drug-likeness (QED) is 0.816. The Hall–Kier alpha value is -1.50. The Morgan fingerprint density at radius 2 is 1.92 bits per heavy atom. The molecule has 1 saturated heterocycles. The Kier molecular flexibility index (Phi) is 5.81. The van der Waals surface area contributed by atoms with Crippen LogP contribution in [-0.4, -0.2) is 37.4 Å². The second-order valence-corrected chi connectivity index (χ2v) is 6.82. The van der Waals surface area contributed by atoms with Crippen LogP contribution in [-0.2, 0) is 19.8 Å². The number of hydrogen-bond donors (Lipinski definition) is 1. The number of rotatable bonds is 6. The Balaban J connectivity index is 1.63. The van der Waals surface area contributed by atoms with Gasteiger partial charge in [-0.1, -0.05) is 37.3 Å². The lowest BCUT2D eigenvalue weighted by Crippen LogP contribution is -2.35. The van der Waals surface area contributed by atoms with Gasteiger partial charge in [0.05, 0.1) is 6.67 Å². The van der Waals surface area contributed by atoms with Crippen LogP contribution in [0, 0.1) is 4.77 Å². The average Bonchev–Trinajstić information content (AvgIpc) is 2.92. The molecular formula is C18H26N4OS. The maximum absolute atomic E-state index is 9.49. The van der Waals surface area contributed by atoms with Crippen LogP contribution in [0.25, 0.3) is 0 Å². The predicted molar refractivity (Wildman–Crippen MR) is 97.3 cm³/mol. The molecule has 3 rings (SSSR count). The highest BCUT2D eigenvalue weighted by Crippen LogP contribution is 2.27. The zero-order valence-corrected chi connectivity index (χ0v) is 15.1. The molecule has 0 atom stereocenters. The first-order chi connectivity index (χ1) is 11.7. The van der Waals surface area contributed by atoms with Crippen molar-refractivity contribution in [1.29, 1.82) is 0 Å². The molecule has 1 aliphatic rings. The summed E-state index contributed by atoms with van der Waals surface area (Å²) in [7, 11) is 0. The summed E-state index contributed by atoms with van der Waals surface area (Å²) in [5.74, 6) is 1.32. The molecule has 1 aromatic carbocycles. The molecule has 0 unspecified atom stereocenters. The van der Waals surface area contributed by atoms with Gasteiger partial charge >= 0.3 is 0 Å². The van der Waals surface area contributed by atoms with Crippen molar-refractivity contribution < 1.29 is 5.11 Å². The molecule has 6 heteroatoms. The number of benzene rings is 1. The van der Waals surface area contributed by atoms with E-state index in [0.717, 1.165) is 26.1 Å². The number of aromatic nitrogens is 3. The smallest absolute Gasteiger partial charge is 0.199 e. The van der Waals surface area contributed by atoms with E-state index in [2.05, 4.69) is 47.3 Å². The van der Waals surface area contributed by atoms with Gasteiger partial charge in [-0.3, -0.25) is 4.90 Å². The summed E-state index contributed by atoms with van der Waals surface area (Å²) in [4.78, 5) is 2.40. The minimum absolute atomic E-state index is 0.0628. The molecule has 0 bridgehead atoms. The molecule has 130 valence electrons. The van der Waals surface area contributed by atoms with Gasteiger partial charge in [0.15, 0.2) is 10.6 Å². The van der Waals surface area contributed by atoms with E-state index in [1.807, 2.05) is 9.25 Å². The van der Waals surface area contributed by atoms with Gasteiger partial charge in [0, 0.05) is 19.6 Å². The van der Waals surface area contributed by atoms with E-state index in [9.17, 15) is 5.11 Å². The molecule has 1 N–H and O–H groups in total. The minimum Gasteiger partial charge on any atom is -0.388 e. The highest BCUT2D eigenvalue weighted by Gasteiger charge is 2.21. The highest BCUT2D eigenvalue weighted by atomic mass is 32.1. The molecular weight excluding hydrogens is 320 g/mol. The third-order valence-electron chi connectivity index (χ3n) is 4.78. The topological polar surface area (TPSA) is 46.2 Å². The summed E-state index contributed by atoms with van der Waals surface area (Å²) < 4.78 is 4.52.